The maximum Gasteiger partial charge on any atom is 0.339 e. The van der Waals surface area contributed by atoms with Crippen LogP contribution < -0.4 is 15.4 Å². The molecule has 26 heavy (non-hydrogen) atoms. The zero-order valence-electron chi connectivity index (χ0n) is 14.5. The fraction of sp³-hybridized carbons (Fsp3) is 0.167. The Bertz CT molecular complexity index is 838. The summed E-state index contributed by atoms with van der Waals surface area (Å²) in [6.45, 7) is 0. The van der Waals surface area contributed by atoms with E-state index >= 15 is 0 Å². The number of benzene rings is 2. The van der Waals surface area contributed by atoms with Crippen LogP contribution in [-0.4, -0.2) is 38.4 Å². The van der Waals surface area contributed by atoms with E-state index in [0.717, 1.165) is 0 Å². The summed E-state index contributed by atoms with van der Waals surface area (Å²) in [6, 6.07) is 11.6. The van der Waals surface area contributed by atoms with Crippen LogP contribution in [0.25, 0.3) is 0 Å². The number of ether oxygens (including phenoxy) is 3. The third kappa shape index (κ3) is 4.70. The zero-order valence-corrected chi connectivity index (χ0v) is 15.3. The normalized spacial score (nSPS) is 9.81. The van der Waals surface area contributed by atoms with Gasteiger partial charge in [0, 0.05) is 11.8 Å². The molecule has 0 unspecified atom stereocenters. The Hall–Kier alpha value is -3.13. The van der Waals surface area contributed by atoms with Crippen molar-refractivity contribution in [2.45, 2.75) is 0 Å². The number of rotatable bonds is 5. The predicted octanol–water partition coefficient (Wildman–Crippen LogP) is 3.08. The summed E-state index contributed by atoms with van der Waals surface area (Å²) in [6.07, 6.45) is 0. The molecule has 0 aliphatic carbocycles. The van der Waals surface area contributed by atoms with Crippen molar-refractivity contribution in [1.29, 1.82) is 0 Å². The Balaban J connectivity index is 2.25. The first-order valence-electron chi connectivity index (χ1n) is 7.51. The van der Waals surface area contributed by atoms with Crippen LogP contribution in [0.1, 0.15) is 20.7 Å². The van der Waals surface area contributed by atoms with E-state index in [1.165, 1.54) is 32.4 Å². The second-order valence-electron chi connectivity index (χ2n) is 5.05. The number of anilines is 2. The summed E-state index contributed by atoms with van der Waals surface area (Å²) in [4.78, 5) is 23.7. The molecule has 0 atom stereocenters. The number of thiocarbonyl (C=S) groups is 1. The van der Waals surface area contributed by atoms with Gasteiger partial charge in [0.15, 0.2) is 5.11 Å². The van der Waals surface area contributed by atoms with Crippen molar-refractivity contribution < 1.29 is 23.8 Å². The molecule has 2 rings (SSSR count). The van der Waals surface area contributed by atoms with Crippen LogP contribution in [0, 0.1) is 0 Å². The average molecular weight is 374 g/mol. The lowest BCUT2D eigenvalue weighted by Crippen LogP contribution is -2.21. The van der Waals surface area contributed by atoms with Gasteiger partial charge in [-0.05, 0) is 42.5 Å². The van der Waals surface area contributed by atoms with E-state index in [-0.39, 0.29) is 16.2 Å². The first-order chi connectivity index (χ1) is 12.5. The Labute approximate surface area is 156 Å². The smallest absolute Gasteiger partial charge is 0.339 e. The van der Waals surface area contributed by atoms with Gasteiger partial charge < -0.3 is 24.8 Å². The number of hydrogen-bond acceptors (Lipinski definition) is 6. The minimum absolute atomic E-state index is 0.227. The maximum absolute atomic E-state index is 11.9. The van der Waals surface area contributed by atoms with E-state index in [4.69, 9.17) is 26.4 Å². The quantitative estimate of drug-likeness (QED) is 0.610. The summed E-state index contributed by atoms with van der Waals surface area (Å²) in [5.74, 6) is -0.426. The van der Waals surface area contributed by atoms with Crippen molar-refractivity contribution in [3.63, 3.8) is 0 Å². The highest BCUT2D eigenvalue weighted by Gasteiger charge is 2.16. The van der Waals surface area contributed by atoms with Crippen molar-refractivity contribution in [3.05, 3.63) is 53.6 Å². The summed E-state index contributed by atoms with van der Waals surface area (Å²) >= 11 is 5.29. The number of carbonyl (C=O) groups is 2. The van der Waals surface area contributed by atoms with Gasteiger partial charge in [-0.15, -0.1) is 0 Å². The molecule has 2 aromatic rings. The summed E-state index contributed by atoms with van der Waals surface area (Å²) in [5.41, 5.74) is 1.52. The Morgan fingerprint density at radius 2 is 1.65 bits per heavy atom. The van der Waals surface area contributed by atoms with Crippen molar-refractivity contribution in [3.8, 4) is 5.75 Å². The molecule has 8 heteroatoms. The van der Waals surface area contributed by atoms with Crippen LogP contribution in [0.3, 0.4) is 0 Å². The van der Waals surface area contributed by atoms with E-state index in [1.54, 1.807) is 19.2 Å². The Morgan fingerprint density at radius 3 is 2.31 bits per heavy atom. The van der Waals surface area contributed by atoms with Gasteiger partial charge in [-0.3, -0.25) is 0 Å². The lowest BCUT2D eigenvalue weighted by molar-refractivity contribution is 0.0587. The fourth-order valence-corrected chi connectivity index (χ4v) is 2.39. The fourth-order valence-electron chi connectivity index (χ4n) is 2.17. The Morgan fingerprint density at radius 1 is 0.923 bits per heavy atom. The lowest BCUT2D eigenvalue weighted by atomic mass is 10.1. The van der Waals surface area contributed by atoms with Gasteiger partial charge in [-0.1, -0.05) is 6.07 Å². The molecule has 2 aromatic carbocycles. The summed E-state index contributed by atoms with van der Waals surface area (Å²) in [5, 5.41) is 6.11. The van der Waals surface area contributed by atoms with E-state index in [0.29, 0.717) is 17.1 Å². The van der Waals surface area contributed by atoms with Crippen LogP contribution in [0.2, 0.25) is 0 Å². The van der Waals surface area contributed by atoms with E-state index in [2.05, 4.69) is 10.6 Å². The van der Waals surface area contributed by atoms with E-state index < -0.39 is 11.9 Å². The highest BCUT2D eigenvalue weighted by molar-refractivity contribution is 7.80. The number of esters is 2. The van der Waals surface area contributed by atoms with Gasteiger partial charge >= 0.3 is 11.9 Å². The molecule has 0 amide bonds. The van der Waals surface area contributed by atoms with Crippen molar-refractivity contribution in [1.82, 2.24) is 0 Å². The number of methoxy groups -OCH3 is 3. The van der Waals surface area contributed by atoms with E-state index in [1.807, 2.05) is 12.1 Å². The first-order valence-corrected chi connectivity index (χ1v) is 7.92. The van der Waals surface area contributed by atoms with Gasteiger partial charge in [-0.2, -0.15) is 0 Å². The minimum Gasteiger partial charge on any atom is -0.497 e. The second-order valence-corrected chi connectivity index (χ2v) is 5.46. The van der Waals surface area contributed by atoms with Crippen molar-refractivity contribution in [2.75, 3.05) is 32.0 Å². The van der Waals surface area contributed by atoms with Gasteiger partial charge in [0.1, 0.15) is 5.75 Å². The van der Waals surface area contributed by atoms with E-state index in [9.17, 15) is 9.59 Å². The molecule has 136 valence electrons. The molecule has 7 nitrogen and oxygen atoms in total. The highest BCUT2D eigenvalue weighted by Crippen LogP contribution is 2.21. The Kier molecular flexibility index (Phi) is 6.51. The minimum atomic E-state index is -0.562. The standard InChI is InChI=1S/C18H18N2O5S/c1-23-13-6-4-5-12(10-13)19-18(26)20-15-9-11(16(21)24-2)7-8-14(15)17(22)25-3/h4-10H,1-3H3,(H2,19,20,26). The average Bonchev–Trinajstić information content (AvgIpc) is 2.66. The highest BCUT2D eigenvalue weighted by atomic mass is 32.1. The molecular weight excluding hydrogens is 356 g/mol. The molecule has 0 saturated carbocycles. The second kappa shape index (κ2) is 8.82. The van der Waals surface area contributed by atoms with Crippen LogP contribution >= 0.6 is 12.2 Å². The SMILES string of the molecule is COC(=O)c1ccc(C(=O)OC)c(NC(=S)Nc2cccc(OC)c2)c1. The molecule has 0 radical (unpaired) electrons. The van der Waals surface area contributed by atoms with Crippen LogP contribution in [0.15, 0.2) is 42.5 Å². The largest absolute Gasteiger partial charge is 0.497 e. The van der Waals surface area contributed by atoms with Crippen molar-refractivity contribution in [2.24, 2.45) is 0 Å². The lowest BCUT2D eigenvalue weighted by Gasteiger charge is -2.14. The maximum atomic E-state index is 11.9. The number of nitrogens with one attached hydrogen (secondary N) is 2. The predicted molar refractivity (Wildman–Crippen MR) is 102 cm³/mol. The third-order valence-electron chi connectivity index (χ3n) is 3.42. The molecule has 0 fully saturated rings. The van der Waals surface area contributed by atoms with Gasteiger partial charge in [0.25, 0.3) is 0 Å². The summed E-state index contributed by atoms with van der Waals surface area (Å²) in [7, 11) is 4.11. The molecule has 0 spiro atoms. The molecule has 0 bridgehead atoms. The molecule has 2 N–H and O–H groups in total. The number of hydrogen-bond donors (Lipinski definition) is 2. The van der Waals surface area contributed by atoms with Crippen LogP contribution in [-0.2, 0) is 9.47 Å². The van der Waals surface area contributed by atoms with Crippen LogP contribution in [0.4, 0.5) is 11.4 Å². The van der Waals surface area contributed by atoms with Gasteiger partial charge in [-0.25, -0.2) is 9.59 Å². The first kappa shape index (κ1) is 19.2. The summed E-state index contributed by atoms with van der Waals surface area (Å²) < 4.78 is 14.6. The van der Waals surface area contributed by atoms with Gasteiger partial charge in [0.05, 0.1) is 38.1 Å². The molecule has 0 aromatic heterocycles. The molecule has 0 heterocycles. The molecule has 0 aliphatic rings. The zero-order chi connectivity index (χ0) is 19.1. The molecule has 0 aliphatic heterocycles. The van der Waals surface area contributed by atoms with Crippen LogP contribution in [0.5, 0.6) is 5.75 Å². The number of carbonyl (C=O) groups excluding carboxylic acids is 2. The topological polar surface area (TPSA) is 85.9 Å². The van der Waals surface area contributed by atoms with Crippen molar-refractivity contribution >= 4 is 40.6 Å². The molecule has 0 saturated heterocycles. The monoisotopic (exact) mass is 374 g/mol. The molecular formula is C18H18N2O5S. The van der Waals surface area contributed by atoms with Gasteiger partial charge in [0.2, 0.25) is 0 Å². The third-order valence-corrected chi connectivity index (χ3v) is 3.63.